The Labute approximate surface area is 147 Å². The quantitative estimate of drug-likeness (QED) is 0.835. The van der Waals surface area contributed by atoms with Crippen LogP contribution in [0, 0.1) is 5.92 Å². The number of carbonyl (C=O) groups is 1. The van der Waals surface area contributed by atoms with E-state index in [2.05, 4.69) is 10.6 Å². The maximum Gasteiger partial charge on any atom is 0.319 e. The Balaban J connectivity index is 1.42. The van der Waals surface area contributed by atoms with Crippen LogP contribution in [0.4, 0.5) is 10.5 Å². The first kappa shape index (κ1) is 17.5. The molecule has 0 bridgehead atoms. The summed E-state index contributed by atoms with van der Waals surface area (Å²) >= 11 is 6.00. The molecular weight excluding hydrogens is 350 g/mol. The van der Waals surface area contributed by atoms with Crippen molar-refractivity contribution in [1.82, 2.24) is 9.62 Å². The predicted octanol–water partition coefficient (Wildman–Crippen LogP) is 2.67. The zero-order valence-electron chi connectivity index (χ0n) is 13.4. The number of halogens is 1. The zero-order valence-corrected chi connectivity index (χ0v) is 14.9. The molecule has 1 saturated heterocycles. The molecule has 1 saturated carbocycles. The van der Waals surface area contributed by atoms with Crippen molar-refractivity contribution >= 4 is 33.3 Å². The van der Waals surface area contributed by atoms with Crippen molar-refractivity contribution in [3.8, 4) is 0 Å². The molecule has 1 heterocycles. The first-order valence-corrected chi connectivity index (χ1v) is 10.1. The average molecular weight is 372 g/mol. The van der Waals surface area contributed by atoms with E-state index >= 15 is 0 Å². The predicted molar refractivity (Wildman–Crippen MR) is 94.7 cm³/mol. The number of carbonyl (C=O) groups excluding carboxylic acids is 1. The van der Waals surface area contributed by atoms with Gasteiger partial charge < -0.3 is 10.6 Å². The van der Waals surface area contributed by atoms with Gasteiger partial charge in [-0.1, -0.05) is 23.7 Å². The number of amides is 2. The third-order valence-electron chi connectivity index (χ3n) is 4.55. The number of nitrogens with one attached hydrogen (secondary N) is 2. The number of piperidine rings is 1. The summed E-state index contributed by atoms with van der Waals surface area (Å²) < 4.78 is 26.0. The van der Waals surface area contributed by atoms with E-state index in [1.54, 1.807) is 28.6 Å². The number of hydrogen-bond acceptors (Lipinski definition) is 3. The molecule has 3 rings (SSSR count). The van der Waals surface area contributed by atoms with Crippen LogP contribution in [0.25, 0.3) is 0 Å². The van der Waals surface area contributed by atoms with Crippen molar-refractivity contribution in [2.24, 2.45) is 5.92 Å². The molecule has 1 aromatic carbocycles. The van der Waals surface area contributed by atoms with Crippen LogP contribution in [0.3, 0.4) is 0 Å². The molecule has 2 N–H and O–H groups in total. The Bertz CT molecular complexity index is 698. The summed E-state index contributed by atoms with van der Waals surface area (Å²) in [5.41, 5.74) is 0.571. The number of sulfonamides is 1. The molecule has 2 amide bonds. The van der Waals surface area contributed by atoms with Gasteiger partial charge in [-0.2, -0.15) is 0 Å². The van der Waals surface area contributed by atoms with Gasteiger partial charge in [0, 0.05) is 19.6 Å². The topological polar surface area (TPSA) is 78.5 Å². The van der Waals surface area contributed by atoms with Gasteiger partial charge in [0.15, 0.2) is 0 Å². The molecule has 132 valence electrons. The fourth-order valence-corrected chi connectivity index (χ4v) is 4.97. The van der Waals surface area contributed by atoms with Gasteiger partial charge in [0.2, 0.25) is 10.0 Å². The number of urea groups is 1. The van der Waals surface area contributed by atoms with Crippen LogP contribution in [0.15, 0.2) is 24.3 Å². The average Bonchev–Trinajstić information content (AvgIpc) is 3.41. The van der Waals surface area contributed by atoms with Gasteiger partial charge in [-0.25, -0.2) is 17.5 Å². The van der Waals surface area contributed by atoms with Crippen molar-refractivity contribution in [1.29, 1.82) is 0 Å². The summed E-state index contributed by atoms with van der Waals surface area (Å²) in [5.74, 6) is 0.299. The largest absolute Gasteiger partial charge is 0.338 e. The van der Waals surface area contributed by atoms with Crippen molar-refractivity contribution in [3.63, 3.8) is 0 Å². The maximum absolute atomic E-state index is 12.2. The lowest BCUT2D eigenvalue weighted by molar-refractivity contribution is 0.240. The highest BCUT2D eigenvalue weighted by Gasteiger charge is 2.41. The lowest BCUT2D eigenvalue weighted by atomic mass is 9.98. The second-order valence-electron chi connectivity index (χ2n) is 6.40. The molecule has 6 nitrogen and oxygen atoms in total. The van der Waals surface area contributed by atoms with Gasteiger partial charge in [-0.05, 0) is 43.7 Å². The molecule has 0 atom stereocenters. The van der Waals surface area contributed by atoms with Gasteiger partial charge in [0.1, 0.15) is 0 Å². The Morgan fingerprint density at radius 2 is 1.83 bits per heavy atom. The van der Waals surface area contributed by atoms with E-state index in [0.717, 1.165) is 25.7 Å². The van der Waals surface area contributed by atoms with Crippen LogP contribution in [-0.4, -0.2) is 43.6 Å². The Kier molecular flexibility index (Phi) is 5.32. The molecule has 8 heteroatoms. The standard InChI is InChI=1S/C16H22ClN3O3S/c17-14-3-1-2-4-15(14)19-16(21)18-11-12-7-9-20(10-8-12)24(22,23)13-5-6-13/h1-4,12-13H,5-11H2,(H2,18,19,21). The number of anilines is 1. The van der Waals surface area contributed by atoms with E-state index in [9.17, 15) is 13.2 Å². The third-order valence-corrected chi connectivity index (χ3v) is 7.28. The van der Waals surface area contributed by atoms with Crippen LogP contribution < -0.4 is 10.6 Å². The van der Waals surface area contributed by atoms with Gasteiger partial charge in [0.25, 0.3) is 0 Å². The monoisotopic (exact) mass is 371 g/mol. The molecule has 2 aliphatic rings. The van der Waals surface area contributed by atoms with Crippen LogP contribution in [0.1, 0.15) is 25.7 Å². The summed E-state index contributed by atoms with van der Waals surface area (Å²) in [4.78, 5) is 11.9. The highest BCUT2D eigenvalue weighted by atomic mass is 35.5. The Morgan fingerprint density at radius 3 is 2.46 bits per heavy atom. The lowest BCUT2D eigenvalue weighted by Gasteiger charge is -2.31. The van der Waals surface area contributed by atoms with Gasteiger partial charge >= 0.3 is 6.03 Å². The number of rotatable bonds is 5. The van der Waals surface area contributed by atoms with Crippen molar-refractivity contribution in [3.05, 3.63) is 29.3 Å². The van der Waals surface area contributed by atoms with Crippen LogP contribution in [-0.2, 0) is 10.0 Å². The zero-order chi connectivity index (χ0) is 17.2. The molecule has 0 aromatic heterocycles. The second-order valence-corrected chi connectivity index (χ2v) is 9.02. The number of para-hydroxylation sites is 1. The molecular formula is C16H22ClN3O3S. The third kappa shape index (κ3) is 4.20. The van der Waals surface area contributed by atoms with Crippen LogP contribution >= 0.6 is 11.6 Å². The molecule has 0 unspecified atom stereocenters. The summed E-state index contributed by atoms with van der Waals surface area (Å²) in [5, 5.41) is 5.90. The van der Waals surface area contributed by atoms with Crippen molar-refractivity contribution in [2.45, 2.75) is 30.9 Å². The van der Waals surface area contributed by atoms with E-state index in [0.29, 0.717) is 36.3 Å². The van der Waals surface area contributed by atoms with E-state index in [1.807, 2.05) is 0 Å². The Morgan fingerprint density at radius 1 is 1.17 bits per heavy atom. The first-order valence-electron chi connectivity index (χ1n) is 8.25. The molecule has 1 aromatic rings. The van der Waals surface area contributed by atoms with Gasteiger partial charge in [0.05, 0.1) is 16.0 Å². The van der Waals surface area contributed by atoms with Gasteiger partial charge in [-0.3, -0.25) is 0 Å². The lowest BCUT2D eigenvalue weighted by Crippen LogP contribution is -2.43. The smallest absolute Gasteiger partial charge is 0.319 e. The SMILES string of the molecule is O=C(NCC1CCN(S(=O)(=O)C2CC2)CC1)Nc1ccccc1Cl. The molecule has 2 fully saturated rings. The molecule has 1 aliphatic carbocycles. The van der Waals surface area contributed by atoms with E-state index in [1.165, 1.54) is 0 Å². The second kappa shape index (κ2) is 7.29. The fourth-order valence-electron chi connectivity index (χ4n) is 2.91. The minimum Gasteiger partial charge on any atom is -0.338 e. The highest BCUT2D eigenvalue weighted by molar-refractivity contribution is 7.90. The fraction of sp³-hybridized carbons (Fsp3) is 0.562. The Hall–Kier alpha value is -1.31. The van der Waals surface area contributed by atoms with Crippen molar-refractivity contribution in [2.75, 3.05) is 25.0 Å². The maximum atomic E-state index is 12.2. The van der Waals surface area contributed by atoms with E-state index in [4.69, 9.17) is 11.6 Å². The summed E-state index contributed by atoms with van der Waals surface area (Å²) in [6.07, 6.45) is 3.15. The summed E-state index contributed by atoms with van der Waals surface area (Å²) in [7, 11) is -3.07. The summed E-state index contributed by atoms with van der Waals surface area (Å²) in [6.45, 7) is 1.64. The number of hydrogen-bond donors (Lipinski definition) is 2. The van der Waals surface area contributed by atoms with Crippen LogP contribution in [0.2, 0.25) is 5.02 Å². The number of nitrogens with zero attached hydrogens (tertiary/aromatic N) is 1. The first-order chi connectivity index (χ1) is 11.5. The summed E-state index contributed by atoms with van der Waals surface area (Å²) in [6, 6.07) is 6.76. The highest BCUT2D eigenvalue weighted by Crippen LogP contribution is 2.33. The van der Waals surface area contributed by atoms with E-state index < -0.39 is 10.0 Å². The molecule has 0 radical (unpaired) electrons. The normalized spacial score (nSPS) is 19.9. The van der Waals surface area contributed by atoms with E-state index in [-0.39, 0.29) is 11.3 Å². The molecule has 0 spiro atoms. The number of benzene rings is 1. The molecule has 24 heavy (non-hydrogen) atoms. The minimum absolute atomic E-state index is 0.145. The van der Waals surface area contributed by atoms with Crippen LogP contribution in [0.5, 0.6) is 0 Å². The molecule has 1 aliphatic heterocycles. The van der Waals surface area contributed by atoms with Gasteiger partial charge in [-0.15, -0.1) is 0 Å². The minimum atomic E-state index is -3.07. The van der Waals surface area contributed by atoms with Crippen molar-refractivity contribution < 1.29 is 13.2 Å².